The molecule has 17 heavy (non-hydrogen) atoms. The Morgan fingerprint density at radius 1 is 0.824 bits per heavy atom. The van der Waals surface area contributed by atoms with E-state index in [9.17, 15) is 4.79 Å². The van der Waals surface area contributed by atoms with Gasteiger partial charge in [-0.3, -0.25) is 4.79 Å². The summed E-state index contributed by atoms with van der Waals surface area (Å²) < 4.78 is 0. The van der Waals surface area contributed by atoms with Crippen LogP contribution in [0.15, 0.2) is 60.7 Å². The molecule has 0 saturated carbocycles. The van der Waals surface area contributed by atoms with Gasteiger partial charge in [0.1, 0.15) is 5.75 Å². The van der Waals surface area contributed by atoms with E-state index in [0.29, 0.717) is 11.8 Å². The van der Waals surface area contributed by atoms with Gasteiger partial charge >= 0.3 is 0 Å². The van der Waals surface area contributed by atoms with Gasteiger partial charge in [0.05, 0.1) is 5.56 Å². The Hall–Kier alpha value is -2.09. The number of rotatable bonds is 1. The molecule has 0 amide bonds. The Kier molecular flexibility index (Phi) is 9.15. The number of phenolic OH excluding ortho intramolecular Hbond substituents is 1. The minimum atomic E-state index is 0.0347. The summed E-state index contributed by atoms with van der Waals surface area (Å²) in [7, 11) is 0. The van der Waals surface area contributed by atoms with Crippen LogP contribution in [0.25, 0.3) is 0 Å². The second kappa shape index (κ2) is 10.4. The highest BCUT2D eigenvalue weighted by molar-refractivity contribution is 5.78. The Bertz CT molecular complexity index is 370. The molecule has 0 saturated heterocycles. The molecule has 2 aromatic rings. The molecular formula is C15H18O2. The number of aromatic hydroxyl groups is 1. The van der Waals surface area contributed by atoms with Gasteiger partial charge in [0.2, 0.25) is 0 Å². The van der Waals surface area contributed by atoms with E-state index in [1.54, 1.807) is 18.2 Å². The van der Waals surface area contributed by atoms with Gasteiger partial charge in [-0.1, -0.05) is 62.4 Å². The fourth-order valence-electron chi connectivity index (χ4n) is 0.972. The van der Waals surface area contributed by atoms with E-state index in [1.807, 2.05) is 50.2 Å². The van der Waals surface area contributed by atoms with E-state index >= 15 is 0 Å². The van der Waals surface area contributed by atoms with Gasteiger partial charge in [0.15, 0.2) is 6.29 Å². The number of phenols is 1. The fraction of sp³-hybridized carbons (Fsp3) is 0.133. The summed E-state index contributed by atoms with van der Waals surface area (Å²) in [4.78, 5) is 10.1. The van der Waals surface area contributed by atoms with Gasteiger partial charge in [0.25, 0.3) is 0 Å². The van der Waals surface area contributed by atoms with E-state index in [2.05, 4.69) is 0 Å². The molecule has 1 N–H and O–H groups in total. The van der Waals surface area contributed by atoms with Crippen molar-refractivity contribution >= 4 is 6.29 Å². The lowest BCUT2D eigenvalue weighted by molar-refractivity contribution is 0.112. The summed E-state index contributed by atoms with van der Waals surface area (Å²) in [5, 5.41) is 8.88. The summed E-state index contributed by atoms with van der Waals surface area (Å²) >= 11 is 0. The monoisotopic (exact) mass is 230 g/mol. The largest absolute Gasteiger partial charge is 0.507 e. The van der Waals surface area contributed by atoms with Crippen LogP contribution in [0, 0.1) is 0 Å². The number of benzene rings is 2. The summed E-state index contributed by atoms with van der Waals surface area (Å²) in [6.45, 7) is 4.00. The van der Waals surface area contributed by atoms with E-state index in [0.717, 1.165) is 0 Å². The lowest BCUT2D eigenvalue weighted by atomic mass is 10.2. The number of aldehydes is 1. The maximum Gasteiger partial charge on any atom is 0.153 e. The van der Waals surface area contributed by atoms with E-state index < -0.39 is 0 Å². The molecule has 0 aliphatic rings. The molecule has 90 valence electrons. The van der Waals surface area contributed by atoms with Gasteiger partial charge in [-0.05, 0) is 12.1 Å². The number of hydrogen-bond acceptors (Lipinski definition) is 2. The SMILES string of the molecule is CC.O=Cc1ccccc1O.c1ccccc1. The summed E-state index contributed by atoms with van der Waals surface area (Å²) in [6.07, 6.45) is 0.620. The zero-order chi connectivity index (χ0) is 12.9. The smallest absolute Gasteiger partial charge is 0.153 e. The average Bonchev–Trinajstić information content (AvgIpc) is 2.44. The van der Waals surface area contributed by atoms with Gasteiger partial charge in [-0.2, -0.15) is 0 Å². The first-order valence-electron chi connectivity index (χ1n) is 5.58. The first-order valence-corrected chi connectivity index (χ1v) is 5.58. The maximum absolute atomic E-state index is 10.1. The normalized spacial score (nSPS) is 7.88. The van der Waals surface area contributed by atoms with Gasteiger partial charge in [-0.15, -0.1) is 0 Å². The predicted octanol–water partition coefficient (Wildman–Crippen LogP) is 3.92. The molecular weight excluding hydrogens is 212 g/mol. The Balaban J connectivity index is 0.000000278. The zero-order valence-corrected chi connectivity index (χ0v) is 10.2. The highest BCUT2D eigenvalue weighted by atomic mass is 16.3. The topological polar surface area (TPSA) is 37.3 Å². The van der Waals surface area contributed by atoms with Crippen LogP contribution in [-0.4, -0.2) is 11.4 Å². The van der Waals surface area contributed by atoms with Crippen molar-refractivity contribution < 1.29 is 9.90 Å². The highest BCUT2D eigenvalue weighted by Gasteiger charge is 1.93. The molecule has 0 atom stereocenters. The van der Waals surface area contributed by atoms with Crippen LogP contribution in [0.2, 0.25) is 0 Å². The average molecular weight is 230 g/mol. The third-order valence-electron chi connectivity index (χ3n) is 1.73. The van der Waals surface area contributed by atoms with Crippen molar-refractivity contribution in [1.82, 2.24) is 0 Å². The van der Waals surface area contributed by atoms with Crippen LogP contribution in [-0.2, 0) is 0 Å². The van der Waals surface area contributed by atoms with Crippen molar-refractivity contribution in [2.45, 2.75) is 13.8 Å². The lowest BCUT2D eigenvalue weighted by Gasteiger charge is -1.91. The van der Waals surface area contributed by atoms with Gasteiger partial charge < -0.3 is 5.11 Å². The van der Waals surface area contributed by atoms with Crippen LogP contribution in [0.3, 0.4) is 0 Å². The molecule has 2 heteroatoms. The van der Waals surface area contributed by atoms with Gasteiger partial charge in [0, 0.05) is 0 Å². The Morgan fingerprint density at radius 3 is 1.53 bits per heavy atom. The maximum atomic E-state index is 10.1. The van der Waals surface area contributed by atoms with Crippen molar-refractivity contribution in [2.75, 3.05) is 0 Å². The molecule has 0 heterocycles. The van der Waals surface area contributed by atoms with Crippen LogP contribution in [0.1, 0.15) is 24.2 Å². The molecule has 2 aromatic carbocycles. The predicted molar refractivity (Wildman–Crippen MR) is 71.3 cm³/mol. The third-order valence-corrected chi connectivity index (χ3v) is 1.73. The number of carbonyl (C=O) groups is 1. The van der Waals surface area contributed by atoms with Crippen molar-refractivity contribution in [3.05, 3.63) is 66.2 Å². The van der Waals surface area contributed by atoms with Crippen molar-refractivity contribution in [1.29, 1.82) is 0 Å². The first kappa shape index (κ1) is 14.9. The third kappa shape index (κ3) is 6.90. The summed E-state index contributed by atoms with van der Waals surface area (Å²) in [5.74, 6) is 0.0347. The van der Waals surface area contributed by atoms with Crippen molar-refractivity contribution in [2.24, 2.45) is 0 Å². The Morgan fingerprint density at radius 2 is 1.24 bits per heavy atom. The fourth-order valence-corrected chi connectivity index (χ4v) is 0.972. The molecule has 0 aromatic heterocycles. The van der Waals surface area contributed by atoms with E-state index in [-0.39, 0.29) is 5.75 Å². The minimum Gasteiger partial charge on any atom is -0.507 e. The minimum absolute atomic E-state index is 0.0347. The standard InChI is InChI=1S/C7H6O2.C6H6.C2H6/c8-5-6-3-1-2-4-7(6)9;1-2-4-6-5-3-1;1-2/h1-5,9H;1-6H;1-2H3. The first-order chi connectivity index (χ1) is 8.34. The molecule has 0 fully saturated rings. The number of carbonyl (C=O) groups excluding carboxylic acids is 1. The Labute approximate surface area is 103 Å². The van der Waals surface area contributed by atoms with Crippen molar-refractivity contribution in [3.63, 3.8) is 0 Å². The molecule has 2 rings (SSSR count). The van der Waals surface area contributed by atoms with Crippen molar-refractivity contribution in [3.8, 4) is 5.75 Å². The quantitative estimate of drug-likeness (QED) is 0.754. The highest BCUT2D eigenvalue weighted by Crippen LogP contribution is 2.11. The van der Waals surface area contributed by atoms with E-state index in [4.69, 9.17) is 5.11 Å². The number of para-hydroxylation sites is 1. The lowest BCUT2D eigenvalue weighted by Crippen LogP contribution is -1.77. The van der Waals surface area contributed by atoms with Gasteiger partial charge in [-0.25, -0.2) is 0 Å². The molecule has 0 aliphatic heterocycles. The van der Waals surface area contributed by atoms with Crippen LogP contribution in [0.4, 0.5) is 0 Å². The molecule has 0 bridgehead atoms. The summed E-state index contributed by atoms with van der Waals surface area (Å²) in [6, 6.07) is 18.4. The van der Waals surface area contributed by atoms with Crippen LogP contribution < -0.4 is 0 Å². The van der Waals surface area contributed by atoms with Crippen LogP contribution in [0.5, 0.6) is 5.75 Å². The molecule has 0 spiro atoms. The molecule has 0 unspecified atom stereocenters. The summed E-state index contributed by atoms with van der Waals surface area (Å²) in [5.41, 5.74) is 0.331. The molecule has 0 radical (unpaired) electrons. The van der Waals surface area contributed by atoms with Crippen LogP contribution >= 0.6 is 0 Å². The molecule has 2 nitrogen and oxygen atoms in total. The molecule has 0 aliphatic carbocycles. The van der Waals surface area contributed by atoms with E-state index in [1.165, 1.54) is 6.07 Å². The zero-order valence-electron chi connectivity index (χ0n) is 10.2. The second-order valence-corrected chi connectivity index (χ2v) is 2.83. The second-order valence-electron chi connectivity index (χ2n) is 2.83. The number of hydrogen-bond donors (Lipinski definition) is 1.